The number of piperidine rings is 1. The van der Waals surface area contributed by atoms with Crippen LogP contribution in [0.2, 0.25) is 0 Å². The average molecular weight is 323 g/mol. The molecule has 0 unspecified atom stereocenters. The first-order valence-corrected chi connectivity index (χ1v) is 9.19. The predicted octanol–water partition coefficient (Wildman–Crippen LogP) is 1.16. The van der Waals surface area contributed by atoms with Crippen LogP contribution in [-0.2, 0) is 10.0 Å². The van der Waals surface area contributed by atoms with Crippen LogP contribution in [0, 0.1) is 12.8 Å². The highest BCUT2D eigenvalue weighted by molar-refractivity contribution is 7.89. The van der Waals surface area contributed by atoms with Crippen molar-refractivity contribution in [1.82, 2.24) is 15.0 Å². The van der Waals surface area contributed by atoms with E-state index < -0.39 is 10.0 Å². The smallest absolute Gasteiger partial charge is 0.209 e. The molecule has 1 aliphatic rings. The second kappa shape index (κ2) is 5.85. The minimum atomic E-state index is -3.35. The van der Waals surface area contributed by atoms with Gasteiger partial charge < -0.3 is 9.88 Å². The zero-order valence-electron chi connectivity index (χ0n) is 12.6. The molecule has 1 saturated heterocycles. The highest BCUT2D eigenvalue weighted by Crippen LogP contribution is 2.28. The summed E-state index contributed by atoms with van der Waals surface area (Å²) in [6.45, 7) is 3.77. The van der Waals surface area contributed by atoms with E-state index in [9.17, 15) is 8.42 Å². The maximum atomic E-state index is 11.1. The van der Waals surface area contributed by atoms with E-state index in [1.165, 1.54) is 0 Å². The van der Waals surface area contributed by atoms with Crippen molar-refractivity contribution in [2.24, 2.45) is 11.1 Å². The van der Waals surface area contributed by atoms with Crippen LogP contribution in [0.15, 0.2) is 12.4 Å². The monoisotopic (exact) mass is 323 g/mol. The summed E-state index contributed by atoms with van der Waals surface area (Å²) in [6, 6.07) is 2.07. The number of nitrogens with one attached hydrogen (secondary N) is 1. The average Bonchev–Trinajstić information content (AvgIpc) is 2.85. The lowest BCUT2D eigenvalue weighted by Gasteiger charge is -2.32. The van der Waals surface area contributed by atoms with Crippen LogP contribution in [0.1, 0.15) is 25.0 Å². The topological polar surface area (TPSA) is 105 Å². The number of sulfonamides is 1. The van der Waals surface area contributed by atoms with Gasteiger partial charge in [-0.05, 0) is 38.2 Å². The van der Waals surface area contributed by atoms with E-state index in [0.717, 1.165) is 48.5 Å². The van der Waals surface area contributed by atoms with Gasteiger partial charge in [0.2, 0.25) is 10.0 Å². The van der Waals surface area contributed by atoms with Gasteiger partial charge in [0.25, 0.3) is 0 Å². The number of rotatable bonds is 4. The minimum Gasteiger partial charge on any atom is -0.356 e. The minimum absolute atomic E-state index is 0.0758. The van der Waals surface area contributed by atoms with Crippen molar-refractivity contribution in [3.63, 3.8) is 0 Å². The van der Waals surface area contributed by atoms with Crippen molar-refractivity contribution in [3.8, 4) is 0 Å². The number of aryl methyl sites for hydroxylation is 1. The maximum Gasteiger partial charge on any atom is 0.209 e. The van der Waals surface area contributed by atoms with Crippen LogP contribution >= 0.6 is 0 Å². The van der Waals surface area contributed by atoms with Crippen LogP contribution in [0.3, 0.4) is 0 Å². The van der Waals surface area contributed by atoms with Gasteiger partial charge in [0.1, 0.15) is 17.8 Å². The fourth-order valence-electron chi connectivity index (χ4n) is 3.07. The summed E-state index contributed by atoms with van der Waals surface area (Å²) in [7, 11) is -3.35. The molecule has 0 radical (unpaired) electrons. The first-order valence-electron chi connectivity index (χ1n) is 7.48. The van der Waals surface area contributed by atoms with Crippen LogP contribution in [0.5, 0.6) is 0 Å². The maximum absolute atomic E-state index is 11.1. The molecule has 0 bridgehead atoms. The summed E-state index contributed by atoms with van der Waals surface area (Å²) >= 11 is 0. The van der Waals surface area contributed by atoms with Gasteiger partial charge >= 0.3 is 0 Å². The third-order valence-electron chi connectivity index (χ3n) is 4.26. The molecule has 0 aliphatic carbocycles. The molecule has 0 atom stereocenters. The van der Waals surface area contributed by atoms with E-state index in [1.54, 1.807) is 6.33 Å². The molecule has 0 aromatic carbocycles. The Balaban J connectivity index is 1.68. The number of H-pyrrole nitrogens is 1. The molecular formula is C14H21N5O2S. The number of nitrogens with zero attached hydrogens (tertiary/aromatic N) is 3. The Morgan fingerprint density at radius 1 is 1.36 bits per heavy atom. The summed E-state index contributed by atoms with van der Waals surface area (Å²) < 4.78 is 22.1. The lowest BCUT2D eigenvalue weighted by Crippen LogP contribution is -2.35. The number of primary sulfonamides is 1. The number of hydrogen-bond acceptors (Lipinski definition) is 5. The summed E-state index contributed by atoms with van der Waals surface area (Å²) in [5, 5.41) is 6.12. The summed E-state index contributed by atoms with van der Waals surface area (Å²) in [5.74, 6) is 1.45. The number of anilines is 1. The standard InChI is InChI=1S/C14H21N5O2S/c1-10-8-12-13(18-10)16-9-17-14(12)19-5-2-11(3-6-19)4-7-22(15,20)21/h8-9,11H,2-7H2,1H3,(H2,15,20,21)(H,16,17,18). The van der Waals surface area contributed by atoms with Crippen LogP contribution in [-0.4, -0.2) is 42.2 Å². The highest BCUT2D eigenvalue weighted by Gasteiger charge is 2.23. The molecule has 0 amide bonds. The van der Waals surface area contributed by atoms with Gasteiger partial charge in [0, 0.05) is 18.8 Å². The van der Waals surface area contributed by atoms with Crippen molar-refractivity contribution < 1.29 is 8.42 Å². The molecule has 22 heavy (non-hydrogen) atoms. The highest BCUT2D eigenvalue weighted by atomic mass is 32.2. The zero-order valence-corrected chi connectivity index (χ0v) is 13.4. The Bertz CT molecular complexity index is 763. The molecule has 2 aromatic rings. The van der Waals surface area contributed by atoms with Crippen molar-refractivity contribution in [2.45, 2.75) is 26.2 Å². The second-order valence-corrected chi connectivity index (χ2v) is 7.73. The SMILES string of the molecule is Cc1cc2c(N3CCC(CCS(N)(=O)=O)CC3)ncnc2[nH]1. The number of fused-ring (bicyclic) bond motifs is 1. The van der Waals surface area contributed by atoms with Gasteiger partial charge in [-0.15, -0.1) is 0 Å². The van der Waals surface area contributed by atoms with Gasteiger partial charge in [-0.3, -0.25) is 0 Å². The first-order chi connectivity index (χ1) is 10.4. The Morgan fingerprint density at radius 3 is 2.77 bits per heavy atom. The van der Waals surface area contributed by atoms with E-state index in [0.29, 0.717) is 12.3 Å². The van der Waals surface area contributed by atoms with Crippen molar-refractivity contribution >= 4 is 26.9 Å². The van der Waals surface area contributed by atoms with Gasteiger partial charge in [-0.2, -0.15) is 0 Å². The van der Waals surface area contributed by atoms with Crippen molar-refractivity contribution in [2.75, 3.05) is 23.7 Å². The normalized spacial score (nSPS) is 17.3. The molecule has 7 nitrogen and oxygen atoms in total. The third kappa shape index (κ3) is 3.38. The second-order valence-electron chi connectivity index (χ2n) is 6.00. The molecule has 0 spiro atoms. The van der Waals surface area contributed by atoms with Crippen LogP contribution < -0.4 is 10.0 Å². The Labute approximate surface area is 130 Å². The third-order valence-corrected chi connectivity index (χ3v) is 5.07. The first kappa shape index (κ1) is 15.2. The van der Waals surface area contributed by atoms with Crippen LogP contribution in [0.4, 0.5) is 5.82 Å². The lowest BCUT2D eigenvalue weighted by molar-refractivity contribution is 0.394. The quantitative estimate of drug-likeness (QED) is 0.878. The molecule has 3 N–H and O–H groups in total. The summed E-state index contributed by atoms with van der Waals surface area (Å²) in [6.07, 6.45) is 4.16. The molecule has 0 saturated carbocycles. The van der Waals surface area contributed by atoms with E-state index in [1.807, 2.05) is 6.92 Å². The molecule has 3 rings (SSSR count). The van der Waals surface area contributed by atoms with E-state index in [2.05, 4.69) is 25.9 Å². The molecule has 8 heteroatoms. The molecule has 120 valence electrons. The van der Waals surface area contributed by atoms with Crippen LogP contribution in [0.25, 0.3) is 11.0 Å². The fraction of sp³-hybridized carbons (Fsp3) is 0.571. The molecular weight excluding hydrogens is 302 g/mol. The zero-order chi connectivity index (χ0) is 15.7. The lowest BCUT2D eigenvalue weighted by atomic mass is 9.94. The van der Waals surface area contributed by atoms with E-state index >= 15 is 0 Å². The van der Waals surface area contributed by atoms with Gasteiger partial charge in [-0.25, -0.2) is 23.5 Å². The summed E-state index contributed by atoms with van der Waals surface area (Å²) in [4.78, 5) is 14.2. The predicted molar refractivity (Wildman–Crippen MR) is 86.2 cm³/mol. The Morgan fingerprint density at radius 2 is 2.09 bits per heavy atom. The number of nitrogens with two attached hydrogens (primary N) is 1. The van der Waals surface area contributed by atoms with Gasteiger partial charge in [0.15, 0.2) is 0 Å². The number of aromatic nitrogens is 3. The molecule has 1 aliphatic heterocycles. The van der Waals surface area contributed by atoms with Gasteiger partial charge in [-0.1, -0.05) is 0 Å². The van der Waals surface area contributed by atoms with E-state index in [4.69, 9.17) is 5.14 Å². The Hall–Kier alpha value is -1.67. The molecule has 1 fully saturated rings. The van der Waals surface area contributed by atoms with Gasteiger partial charge in [0.05, 0.1) is 11.1 Å². The number of hydrogen-bond donors (Lipinski definition) is 2. The van der Waals surface area contributed by atoms with Crippen molar-refractivity contribution in [1.29, 1.82) is 0 Å². The van der Waals surface area contributed by atoms with Crippen molar-refractivity contribution in [3.05, 3.63) is 18.1 Å². The molecule has 2 aromatic heterocycles. The Kier molecular flexibility index (Phi) is 4.05. The number of aromatic amines is 1. The van der Waals surface area contributed by atoms with E-state index in [-0.39, 0.29) is 5.75 Å². The fourth-order valence-corrected chi connectivity index (χ4v) is 3.74. The largest absolute Gasteiger partial charge is 0.356 e. The molecule has 3 heterocycles. The summed E-state index contributed by atoms with van der Waals surface area (Å²) in [5.41, 5.74) is 1.93.